The Bertz CT molecular complexity index is 2020. The predicted molar refractivity (Wildman–Crippen MR) is 248 cm³/mol. The number of amides is 8. The van der Waals surface area contributed by atoms with E-state index in [4.69, 9.17) is 17.2 Å². The van der Waals surface area contributed by atoms with Crippen LogP contribution in [0.4, 0.5) is 0 Å². The van der Waals surface area contributed by atoms with Gasteiger partial charge in [-0.1, -0.05) is 32.0 Å². The summed E-state index contributed by atoms with van der Waals surface area (Å²) in [6, 6.07) is 1.52. The summed E-state index contributed by atoms with van der Waals surface area (Å²) in [6.45, 7) is 3.37. The molecule has 1 aromatic carbocycles. The van der Waals surface area contributed by atoms with Gasteiger partial charge >= 0.3 is 0 Å². The number of nitrogens with one attached hydrogen (secondary N) is 6. The summed E-state index contributed by atoms with van der Waals surface area (Å²) in [5.41, 5.74) is 16.9. The first-order valence-corrected chi connectivity index (χ1v) is 23.9. The zero-order valence-electron chi connectivity index (χ0n) is 37.2. The Morgan fingerprint density at radius 2 is 1.55 bits per heavy atom. The summed E-state index contributed by atoms with van der Waals surface area (Å²) in [5, 5.41) is 37.9. The van der Waals surface area contributed by atoms with Gasteiger partial charge in [0.25, 0.3) is 0 Å². The first-order valence-electron chi connectivity index (χ1n) is 21.9. The van der Waals surface area contributed by atoms with Gasteiger partial charge in [-0.3, -0.25) is 43.3 Å². The number of aromatic hydroxyl groups is 1. The molecule has 1 aromatic heterocycles. The van der Waals surface area contributed by atoms with Gasteiger partial charge in [0.1, 0.15) is 42.0 Å². The van der Waals surface area contributed by atoms with Crippen molar-refractivity contribution in [3.63, 3.8) is 0 Å². The summed E-state index contributed by atoms with van der Waals surface area (Å²) in [5.74, 6) is -5.93. The van der Waals surface area contributed by atoms with E-state index in [9.17, 15) is 48.6 Å². The Morgan fingerprint density at radius 1 is 0.864 bits per heavy atom. The molecule has 0 bridgehead atoms. The molecule has 2 aliphatic rings. The molecule has 2 aliphatic heterocycles. The van der Waals surface area contributed by atoms with Crippen LogP contribution in [0.25, 0.3) is 0 Å². The van der Waals surface area contributed by atoms with Crippen LogP contribution in [0.15, 0.2) is 46.8 Å². The van der Waals surface area contributed by atoms with Crippen LogP contribution in [0.1, 0.15) is 69.2 Å². The molecule has 23 heteroatoms. The first-order chi connectivity index (χ1) is 31.4. The highest BCUT2D eigenvalue weighted by Crippen LogP contribution is 2.22. The number of nitrogens with zero attached hydrogens (tertiary/aromatic N) is 2. The van der Waals surface area contributed by atoms with E-state index in [0.717, 1.165) is 4.88 Å². The van der Waals surface area contributed by atoms with E-state index < -0.39 is 102 Å². The normalized spacial score (nSPS) is 23.3. The number of nitrogens with two attached hydrogens (primary N) is 3. The number of aliphatic imine (C=N–C) groups is 1. The maximum absolute atomic E-state index is 14.4. The van der Waals surface area contributed by atoms with Gasteiger partial charge in [-0.2, -0.15) is 11.8 Å². The van der Waals surface area contributed by atoms with E-state index in [1.165, 1.54) is 40.1 Å². The minimum atomic E-state index is -1.59. The van der Waals surface area contributed by atoms with Crippen LogP contribution < -0.4 is 49.1 Å². The molecule has 0 saturated carbocycles. The minimum absolute atomic E-state index is 0.00514. The van der Waals surface area contributed by atoms with Gasteiger partial charge in [-0.25, -0.2) is 0 Å². The van der Waals surface area contributed by atoms with Gasteiger partial charge in [-0.15, -0.1) is 11.3 Å². The van der Waals surface area contributed by atoms with Crippen LogP contribution in [0.3, 0.4) is 0 Å². The Morgan fingerprint density at radius 3 is 2.20 bits per heavy atom. The highest BCUT2D eigenvalue weighted by Gasteiger charge is 2.40. The molecule has 362 valence electrons. The third kappa shape index (κ3) is 16.8. The molecular formula is C43H63N11O10S2. The number of aliphatic hydroxyl groups excluding tert-OH is 1. The van der Waals surface area contributed by atoms with Crippen LogP contribution in [-0.2, 0) is 51.2 Å². The van der Waals surface area contributed by atoms with E-state index in [-0.39, 0.29) is 68.6 Å². The number of carbonyl (C=O) groups is 8. The van der Waals surface area contributed by atoms with Crippen molar-refractivity contribution in [3.05, 3.63) is 52.2 Å². The number of carbonyl (C=O) groups excluding carboxylic acids is 8. The molecule has 3 heterocycles. The number of rotatable bonds is 15. The molecule has 0 unspecified atom stereocenters. The Labute approximate surface area is 391 Å². The zero-order chi connectivity index (χ0) is 48.3. The van der Waals surface area contributed by atoms with Crippen molar-refractivity contribution in [2.75, 3.05) is 31.2 Å². The highest BCUT2D eigenvalue weighted by atomic mass is 32.2. The van der Waals surface area contributed by atoms with Crippen LogP contribution >= 0.6 is 23.1 Å². The van der Waals surface area contributed by atoms with Crippen LogP contribution in [-0.4, -0.2) is 142 Å². The summed E-state index contributed by atoms with van der Waals surface area (Å²) in [7, 11) is 0. The molecule has 7 atom stereocenters. The lowest BCUT2D eigenvalue weighted by molar-refractivity contribution is -0.142. The largest absolute Gasteiger partial charge is 0.508 e. The fraction of sp³-hybridized carbons (Fsp3) is 0.558. The zero-order valence-corrected chi connectivity index (χ0v) is 38.8. The number of guanidine groups is 1. The molecule has 0 aliphatic carbocycles. The summed E-state index contributed by atoms with van der Waals surface area (Å²) in [4.78, 5) is 116. The summed E-state index contributed by atoms with van der Waals surface area (Å²) < 4.78 is 0. The van der Waals surface area contributed by atoms with Crippen molar-refractivity contribution in [2.24, 2.45) is 28.1 Å². The van der Waals surface area contributed by atoms with Gasteiger partial charge in [0.05, 0.1) is 19.1 Å². The average molecular weight is 958 g/mol. The van der Waals surface area contributed by atoms with Crippen molar-refractivity contribution in [2.45, 2.75) is 114 Å². The maximum atomic E-state index is 14.4. The molecule has 21 nitrogen and oxygen atoms in total. The number of thiophene rings is 1. The lowest BCUT2D eigenvalue weighted by Gasteiger charge is -2.31. The quantitative estimate of drug-likeness (QED) is 0.0537. The maximum Gasteiger partial charge on any atom is 0.245 e. The SMILES string of the molecule is CC(C)[C@@H]1NC(=O)[C@H](Cc2cccs2)NC(=O)[C@H](Cc2ccc(O)cc2)NC(=O)CCSCC[C@@H](C(=O)N2CCC[C@H]2C(=O)N[C@@H](CO)CCCN=C(N)N)NC(=O)[C@H](CC(N)=O)NC1=O. The van der Waals surface area contributed by atoms with Gasteiger partial charge in [0.2, 0.25) is 47.3 Å². The molecule has 2 saturated heterocycles. The Kier molecular flexibility index (Phi) is 21.0. The molecular weight excluding hydrogens is 895 g/mol. The molecule has 0 radical (unpaired) electrons. The fourth-order valence-corrected chi connectivity index (χ4v) is 9.16. The predicted octanol–water partition coefficient (Wildman–Crippen LogP) is -1.76. The molecule has 2 aromatic rings. The number of phenolic OH excluding ortho intramolecular Hbond substituents is 1. The molecule has 4 rings (SSSR count). The molecule has 8 amide bonds. The number of hydrogen-bond donors (Lipinski definition) is 11. The number of aliphatic hydroxyl groups is 1. The first kappa shape index (κ1) is 52.7. The Hall–Kier alpha value is -5.94. The third-order valence-corrected chi connectivity index (χ3v) is 12.9. The number of benzene rings is 1. The Balaban J connectivity index is 1.63. The van der Waals surface area contributed by atoms with Crippen molar-refractivity contribution in [1.82, 2.24) is 36.8 Å². The third-order valence-electron chi connectivity index (χ3n) is 11.0. The number of likely N-dealkylation sites (tertiary alicyclic amines) is 1. The highest BCUT2D eigenvalue weighted by molar-refractivity contribution is 7.99. The van der Waals surface area contributed by atoms with E-state index in [1.807, 2.05) is 0 Å². The summed E-state index contributed by atoms with van der Waals surface area (Å²) >= 11 is 2.63. The van der Waals surface area contributed by atoms with Gasteiger partial charge < -0.3 is 64.2 Å². The van der Waals surface area contributed by atoms with Crippen LogP contribution in [0, 0.1) is 5.92 Å². The monoisotopic (exact) mass is 957 g/mol. The fourth-order valence-electron chi connectivity index (χ4n) is 7.47. The average Bonchev–Trinajstić information content (AvgIpc) is 3.98. The summed E-state index contributed by atoms with van der Waals surface area (Å²) in [6.07, 6.45) is 0.906. The molecule has 2 fully saturated rings. The second-order valence-corrected chi connectivity index (χ2v) is 18.8. The second-order valence-electron chi connectivity index (χ2n) is 16.5. The number of hydrogen-bond acceptors (Lipinski definition) is 13. The van der Waals surface area contributed by atoms with Crippen molar-refractivity contribution >= 4 is 76.3 Å². The van der Waals surface area contributed by atoms with Crippen LogP contribution in [0.5, 0.6) is 5.75 Å². The van der Waals surface area contributed by atoms with Crippen molar-refractivity contribution in [1.29, 1.82) is 0 Å². The van der Waals surface area contributed by atoms with E-state index in [0.29, 0.717) is 31.2 Å². The number of thioether (sulfide) groups is 1. The smallest absolute Gasteiger partial charge is 0.245 e. The molecule has 14 N–H and O–H groups in total. The van der Waals surface area contributed by atoms with Crippen molar-refractivity contribution in [3.8, 4) is 5.75 Å². The van der Waals surface area contributed by atoms with E-state index in [1.54, 1.807) is 43.5 Å². The van der Waals surface area contributed by atoms with E-state index >= 15 is 0 Å². The van der Waals surface area contributed by atoms with Gasteiger partial charge in [-0.05, 0) is 72.9 Å². The number of primary amides is 1. The number of phenols is 1. The minimum Gasteiger partial charge on any atom is -0.508 e. The van der Waals surface area contributed by atoms with E-state index in [2.05, 4.69) is 36.9 Å². The van der Waals surface area contributed by atoms with Gasteiger partial charge in [0, 0.05) is 43.0 Å². The van der Waals surface area contributed by atoms with Gasteiger partial charge in [0.15, 0.2) is 5.96 Å². The molecule has 0 spiro atoms. The lowest BCUT2D eigenvalue weighted by atomic mass is 10.0. The van der Waals surface area contributed by atoms with Crippen LogP contribution in [0.2, 0.25) is 0 Å². The lowest BCUT2D eigenvalue weighted by Crippen LogP contribution is -2.61. The molecule has 66 heavy (non-hydrogen) atoms. The van der Waals surface area contributed by atoms with Crippen molar-refractivity contribution < 1.29 is 48.6 Å². The topological polar surface area (TPSA) is 343 Å². The second kappa shape index (κ2) is 26.3. The standard InChI is InChI=1S/C43H63N11O10S2/c1-24(2)36-41(63)52-32(22-34(44)57)38(60)50-29(42(64)54-16-4-8-33(54)40(62)48-26(23-55)6-3-15-47-43(45)46)13-18-65-19-14-35(58)49-30(20-25-9-11-27(56)12-10-25)37(59)51-31(39(61)53-36)21-28-7-5-17-66-28/h5,7,9-12,17,24,26,29-33,36,55-56H,3-4,6,8,13-16,18-23H2,1-2H3,(H2,44,57)(H,48,62)(H,49,58)(H,50,60)(H,51,59)(H,52,63)(H,53,61)(H4,45,46,47)/t26-,29+,30+,31+,32+,33+,36+/m1/s1.